The molecule has 4 amide bonds. The molecule has 0 spiro atoms. The number of hydrogen-bond donors (Lipinski definition) is 2. The number of nitrogens with zero attached hydrogens (tertiary/aromatic N) is 2. The summed E-state index contributed by atoms with van der Waals surface area (Å²) in [4.78, 5) is 56.6. The van der Waals surface area contributed by atoms with Crippen LogP contribution in [0.25, 0.3) is 10.8 Å². The zero-order valence-corrected chi connectivity index (χ0v) is 25.6. The standard InChI is InChI=1S/C34H40N4O5/c1-20(25-16-10-12-22-11-7-8-15-26(22)25)35-31(40)28-19-24-14-9-13-23-17-18-27(32(41)38(28)29(23)24)36-30(39)21(2)37(6)33(42)43-34(3,4)5/h7-16,20-21,27-28H,17-19H2,1-6H3,(H,35,40)(H,36,39)/t20-,21?,27+,28+/m1/s1. The second kappa shape index (κ2) is 11.7. The highest BCUT2D eigenvalue weighted by molar-refractivity contribution is 6.08. The van der Waals surface area contributed by atoms with E-state index >= 15 is 0 Å². The number of carbonyl (C=O) groups is 4. The fourth-order valence-electron chi connectivity index (χ4n) is 5.95. The molecule has 226 valence electrons. The number of hydrogen-bond acceptors (Lipinski definition) is 5. The lowest BCUT2D eigenvalue weighted by Gasteiger charge is -2.31. The monoisotopic (exact) mass is 584 g/mol. The van der Waals surface area contributed by atoms with E-state index in [0.717, 1.165) is 33.2 Å². The molecular weight excluding hydrogens is 544 g/mol. The van der Waals surface area contributed by atoms with E-state index in [9.17, 15) is 19.2 Å². The number of nitrogens with one attached hydrogen (secondary N) is 2. The molecule has 0 saturated heterocycles. The molecule has 9 nitrogen and oxygen atoms in total. The Morgan fingerprint density at radius 2 is 1.65 bits per heavy atom. The Kier molecular flexibility index (Phi) is 8.18. The lowest BCUT2D eigenvalue weighted by molar-refractivity contribution is -0.131. The van der Waals surface area contributed by atoms with E-state index in [1.165, 1.54) is 11.9 Å². The predicted octanol–water partition coefficient (Wildman–Crippen LogP) is 4.66. The molecule has 3 aromatic carbocycles. The summed E-state index contributed by atoms with van der Waals surface area (Å²) >= 11 is 0. The minimum absolute atomic E-state index is 0.249. The molecule has 43 heavy (non-hydrogen) atoms. The molecule has 3 aromatic rings. The number of amides is 4. The average molecular weight is 585 g/mol. The molecule has 9 heteroatoms. The van der Waals surface area contributed by atoms with Crippen molar-refractivity contribution >= 4 is 40.3 Å². The van der Waals surface area contributed by atoms with Crippen molar-refractivity contribution in [2.24, 2.45) is 0 Å². The van der Waals surface area contributed by atoms with Crippen molar-refractivity contribution in [1.29, 1.82) is 0 Å². The number of carbonyl (C=O) groups excluding carboxylic acids is 4. The molecule has 0 radical (unpaired) electrons. The first-order valence-corrected chi connectivity index (χ1v) is 14.8. The summed E-state index contributed by atoms with van der Waals surface area (Å²) < 4.78 is 5.40. The third-order valence-electron chi connectivity index (χ3n) is 8.32. The molecule has 0 bridgehead atoms. The highest BCUT2D eigenvalue weighted by Crippen LogP contribution is 2.39. The van der Waals surface area contributed by atoms with E-state index in [1.807, 2.05) is 67.6 Å². The predicted molar refractivity (Wildman–Crippen MR) is 166 cm³/mol. The largest absolute Gasteiger partial charge is 0.444 e. The van der Waals surface area contributed by atoms with Crippen LogP contribution in [0.15, 0.2) is 60.7 Å². The van der Waals surface area contributed by atoms with Gasteiger partial charge in [0.25, 0.3) is 0 Å². The van der Waals surface area contributed by atoms with E-state index in [4.69, 9.17) is 4.74 Å². The van der Waals surface area contributed by atoms with Crippen LogP contribution in [0, 0.1) is 0 Å². The van der Waals surface area contributed by atoms with Crippen LogP contribution in [0.4, 0.5) is 10.5 Å². The maximum atomic E-state index is 14.1. The molecule has 0 saturated carbocycles. The van der Waals surface area contributed by atoms with Gasteiger partial charge in [0.1, 0.15) is 23.7 Å². The van der Waals surface area contributed by atoms with E-state index in [1.54, 1.807) is 32.6 Å². The topological polar surface area (TPSA) is 108 Å². The molecule has 0 aliphatic carbocycles. The highest BCUT2D eigenvalue weighted by Gasteiger charge is 2.44. The molecule has 0 fully saturated rings. The summed E-state index contributed by atoms with van der Waals surface area (Å²) in [5.74, 6) is -1.05. The molecule has 2 heterocycles. The third-order valence-corrected chi connectivity index (χ3v) is 8.32. The Hall–Kier alpha value is -4.40. The number of rotatable bonds is 6. The summed E-state index contributed by atoms with van der Waals surface area (Å²) in [6.07, 6.45) is 0.701. The zero-order valence-electron chi connectivity index (χ0n) is 25.6. The smallest absolute Gasteiger partial charge is 0.410 e. The van der Waals surface area contributed by atoms with Crippen LogP contribution >= 0.6 is 0 Å². The van der Waals surface area contributed by atoms with Gasteiger partial charge < -0.3 is 15.4 Å². The van der Waals surface area contributed by atoms with Gasteiger partial charge in [-0.3, -0.25) is 24.2 Å². The van der Waals surface area contributed by atoms with E-state index in [2.05, 4.69) is 10.6 Å². The highest BCUT2D eigenvalue weighted by atomic mass is 16.6. The Bertz CT molecular complexity index is 1570. The molecule has 4 atom stereocenters. The number of likely N-dealkylation sites (N-methyl/N-ethyl adjacent to an activating group) is 1. The van der Waals surface area contributed by atoms with Crippen LogP contribution in [0.5, 0.6) is 0 Å². The van der Waals surface area contributed by atoms with Crippen LogP contribution in [0.2, 0.25) is 0 Å². The van der Waals surface area contributed by atoms with Crippen LogP contribution in [0.3, 0.4) is 0 Å². The number of ether oxygens (including phenoxy) is 1. The lowest BCUT2D eigenvalue weighted by atomic mass is 9.99. The second-order valence-electron chi connectivity index (χ2n) is 12.5. The van der Waals surface area contributed by atoms with Gasteiger partial charge in [0.15, 0.2) is 0 Å². The summed E-state index contributed by atoms with van der Waals surface area (Å²) in [6, 6.07) is 17.2. The summed E-state index contributed by atoms with van der Waals surface area (Å²) in [6.45, 7) is 8.80. The number of anilines is 1. The zero-order chi connectivity index (χ0) is 31.1. The summed E-state index contributed by atoms with van der Waals surface area (Å²) in [7, 11) is 1.49. The SMILES string of the molecule is CC(C(=O)N[C@H]1CCc2cccc3c2N(C1=O)[C@H](C(=O)N[C@H](C)c1cccc2ccccc12)C3)N(C)C(=O)OC(C)(C)C. The third kappa shape index (κ3) is 6.07. The van der Waals surface area contributed by atoms with E-state index in [0.29, 0.717) is 19.3 Å². The van der Waals surface area contributed by atoms with Gasteiger partial charge in [-0.15, -0.1) is 0 Å². The first-order chi connectivity index (χ1) is 20.4. The van der Waals surface area contributed by atoms with Gasteiger partial charge in [-0.05, 0) is 74.9 Å². The molecular formula is C34H40N4O5. The summed E-state index contributed by atoms with van der Waals surface area (Å²) in [5, 5.41) is 8.17. The van der Waals surface area contributed by atoms with Gasteiger partial charge in [-0.1, -0.05) is 60.7 Å². The fourth-order valence-corrected chi connectivity index (χ4v) is 5.95. The Morgan fingerprint density at radius 3 is 2.40 bits per heavy atom. The van der Waals surface area contributed by atoms with Crippen LogP contribution in [0.1, 0.15) is 63.8 Å². The van der Waals surface area contributed by atoms with Crippen molar-refractivity contribution in [2.45, 2.75) is 83.6 Å². The Labute approximate surface area is 252 Å². The molecule has 2 aliphatic rings. The second-order valence-corrected chi connectivity index (χ2v) is 12.5. The number of aryl methyl sites for hydroxylation is 1. The Morgan fingerprint density at radius 1 is 0.977 bits per heavy atom. The van der Waals surface area contributed by atoms with Gasteiger partial charge in [-0.2, -0.15) is 0 Å². The van der Waals surface area contributed by atoms with E-state index in [-0.39, 0.29) is 17.9 Å². The van der Waals surface area contributed by atoms with Crippen molar-refractivity contribution in [3.05, 3.63) is 77.4 Å². The van der Waals surface area contributed by atoms with Crippen molar-refractivity contribution in [2.75, 3.05) is 11.9 Å². The molecule has 0 aromatic heterocycles. The van der Waals surface area contributed by atoms with Crippen LogP contribution < -0.4 is 15.5 Å². The molecule has 5 rings (SSSR count). The van der Waals surface area contributed by atoms with Gasteiger partial charge in [-0.25, -0.2) is 4.79 Å². The maximum Gasteiger partial charge on any atom is 0.410 e. The van der Waals surface area contributed by atoms with Crippen molar-refractivity contribution < 1.29 is 23.9 Å². The van der Waals surface area contributed by atoms with Gasteiger partial charge in [0.2, 0.25) is 17.7 Å². The molecule has 1 unspecified atom stereocenters. The van der Waals surface area contributed by atoms with Crippen molar-refractivity contribution in [1.82, 2.24) is 15.5 Å². The minimum Gasteiger partial charge on any atom is -0.444 e. The summed E-state index contributed by atoms with van der Waals surface area (Å²) in [5.41, 5.74) is 2.96. The van der Waals surface area contributed by atoms with Gasteiger partial charge in [0, 0.05) is 13.5 Å². The first kappa shape index (κ1) is 30.1. The van der Waals surface area contributed by atoms with Crippen LogP contribution in [-0.4, -0.2) is 59.5 Å². The fraction of sp³-hybridized carbons (Fsp3) is 0.412. The molecule has 2 N–H and O–H groups in total. The number of para-hydroxylation sites is 1. The number of fused-ring (bicyclic) bond motifs is 1. The van der Waals surface area contributed by atoms with Crippen LogP contribution in [-0.2, 0) is 32.0 Å². The molecule has 2 aliphatic heterocycles. The number of benzene rings is 3. The normalized spacial score (nSPS) is 19.2. The van der Waals surface area contributed by atoms with Gasteiger partial charge in [0.05, 0.1) is 11.7 Å². The van der Waals surface area contributed by atoms with Crippen molar-refractivity contribution in [3.63, 3.8) is 0 Å². The minimum atomic E-state index is -0.872. The van der Waals surface area contributed by atoms with Crippen molar-refractivity contribution in [3.8, 4) is 0 Å². The Balaban J connectivity index is 1.35. The maximum absolute atomic E-state index is 14.1. The quantitative estimate of drug-likeness (QED) is 0.438. The first-order valence-electron chi connectivity index (χ1n) is 14.8. The average Bonchev–Trinajstić information content (AvgIpc) is 3.31. The lowest BCUT2D eigenvalue weighted by Crippen LogP contribution is -2.57. The van der Waals surface area contributed by atoms with Gasteiger partial charge >= 0.3 is 6.09 Å². The van der Waals surface area contributed by atoms with E-state index < -0.39 is 35.7 Å².